The van der Waals surface area contributed by atoms with Crippen LogP contribution in [0.4, 0.5) is 0 Å². The summed E-state index contributed by atoms with van der Waals surface area (Å²) < 4.78 is 26.9. The van der Waals surface area contributed by atoms with Crippen LogP contribution in [0.15, 0.2) is 29.2 Å². The zero-order valence-electron chi connectivity index (χ0n) is 14.3. The maximum atomic E-state index is 12.7. The highest BCUT2D eigenvalue weighted by molar-refractivity contribution is 7.89. The van der Waals surface area contributed by atoms with E-state index in [1.54, 1.807) is 12.1 Å². The molecule has 1 aromatic rings. The summed E-state index contributed by atoms with van der Waals surface area (Å²) in [6, 6.07) is 7.22. The van der Waals surface area contributed by atoms with E-state index in [1.165, 1.54) is 11.2 Å². The lowest BCUT2D eigenvalue weighted by molar-refractivity contribution is -0.119. The molecule has 1 fully saturated rings. The van der Waals surface area contributed by atoms with Crippen molar-refractivity contribution in [3.05, 3.63) is 29.8 Å². The summed E-state index contributed by atoms with van der Waals surface area (Å²) in [7, 11) is -3.46. The fraction of sp³-hybridized carbons (Fsp3) is 0.588. The molecule has 23 heavy (non-hydrogen) atoms. The fourth-order valence-electron chi connectivity index (χ4n) is 2.80. The van der Waals surface area contributed by atoms with Gasteiger partial charge in [-0.15, -0.1) is 0 Å². The molecule has 6 heteroatoms. The largest absolute Gasteiger partial charge is 0.354 e. The fourth-order valence-corrected chi connectivity index (χ4v) is 4.27. The molecule has 0 radical (unpaired) electrons. The van der Waals surface area contributed by atoms with Crippen LogP contribution in [-0.4, -0.2) is 37.8 Å². The van der Waals surface area contributed by atoms with Crippen LogP contribution in [0, 0.1) is 0 Å². The Morgan fingerprint density at radius 3 is 2.09 bits per heavy atom. The lowest BCUT2D eigenvalue weighted by atomic mass is 9.87. The van der Waals surface area contributed by atoms with Gasteiger partial charge in [-0.1, -0.05) is 32.9 Å². The SMILES string of the molecule is CC(=O)NC1CCN(S(=O)(=O)c2ccc(C(C)(C)C)cc2)CC1. The Kier molecular flexibility index (Phi) is 5.16. The van der Waals surface area contributed by atoms with Crippen LogP contribution >= 0.6 is 0 Å². The first-order chi connectivity index (χ1) is 10.6. The first-order valence-electron chi connectivity index (χ1n) is 7.98. The van der Waals surface area contributed by atoms with Gasteiger partial charge in [0.2, 0.25) is 15.9 Å². The van der Waals surface area contributed by atoms with Crippen molar-refractivity contribution in [3.8, 4) is 0 Å². The molecule has 1 aliphatic heterocycles. The molecule has 1 N–H and O–H groups in total. The van der Waals surface area contributed by atoms with Gasteiger partial charge in [0.05, 0.1) is 4.90 Å². The van der Waals surface area contributed by atoms with Gasteiger partial charge in [-0.2, -0.15) is 4.31 Å². The number of rotatable bonds is 3. The van der Waals surface area contributed by atoms with Gasteiger partial charge in [-0.25, -0.2) is 8.42 Å². The van der Waals surface area contributed by atoms with Gasteiger partial charge in [0.1, 0.15) is 0 Å². The molecule has 0 bridgehead atoms. The van der Waals surface area contributed by atoms with Crippen molar-refractivity contribution < 1.29 is 13.2 Å². The summed E-state index contributed by atoms with van der Waals surface area (Å²) in [4.78, 5) is 11.4. The molecule has 0 atom stereocenters. The smallest absolute Gasteiger partial charge is 0.243 e. The van der Waals surface area contributed by atoms with Crippen molar-refractivity contribution in [2.75, 3.05) is 13.1 Å². The molecule has 1 amide bonds. The predicted molar refractivity (Wildman–Crippen MR) is 90.7 cm³/mol. The van der Waals surface area contributed by atoms with E-state index in [0.717, 1.165) is 5.56 Å². The predicted octanol–water partition coefficient (Wildman–Crippen LogP) is 2.27. The number of nitrogens with one attached hydrogen (secondary N) is 1. The Morgan fingerprint density at radius 1 is 1.13 bits per heavy atom. The number of hydrogen-bond acceptors (Lipinski definition) is 3. The molecule has 1 aliphatic rings. The number of carbonyl (C=O) groups excluding carboxylic acids is 1. The van der Waals surface area contributed by atoms with Crippen LogP contribution in [0.2, 0.25) is 0 Å². The Bertz CT molecular complexity index is 652. The Balaban J connectivity index is 2.09. The van der Waals surface area contributed by atoms with E-state index in [1.807, 2.05) is 12.1 Å². The van der Waals surface area contributed by atoms with Crippen molar-refractivity contribution in [1.82, 2.24) is 9.62 Å². The zero-order valence-corrected chi connectivity index (χ0v) is 15.1. The Labute approximate surface area is 139 Å². The van der Waals surface area contributed by atoms with Crippen LogP contribution in [0.3, 0.4) is 0 Å². The average Bonchev–Trinajstić information content (AvgIpc) is 2.46. The van der Waals surface area contributed by atoms with Gasteiger partial charge in [-0.3, -0.25) is 4.79 Å². The molecule has 0 spiro atoms. The summed E-state index contributed by atoms with van der Waals surface area (Å²) in [6.07, 6.45) is 1.30. The summed E-state index contributed by atoms with van der Waals surface area (Å²) in [5.74, 6) is -0.0657. The number of amides is 1. The monoisotopic (exact) mass is 338 g/mol. The summed E-state index contributed by atoms with van der Waals surface area (Å²) >= 11 is 0. The molecular formula is C17H26N2O3S. The quantitative estimate of drug-likeness (QED) is 0.919. The van der Waals surface area contributed by atoms with Crippen LogP contribution in [0.1, 0.15) is 46.1 Å². The molecule has 0 aromatic heterocycles. The van der Waals surface area contributed by atoms with Crippen LogP contribution in [0.25, 0.3) is 0 Å². The van der Waals surface area contributed by atoms with Crippen molar-refractivity contribution in [1.29, 1.82) is 0 Å². The second-order valence-corrected chi connectivity index (χ2v) is 9.09. The minimum absolute atomic E-state index is 0.000995. The molecule has 1 saturated heterocycles. The highest BCUT2D eigenvalue weighted by atomic mass is 32.2. The maximum Gasteiger partial charge on any atom is 0.243 e. The molecule has 0 unspecified atom stereocenters. The third-order valence-corrected chi connectivity index (χ3v) is 6.13. The first-order valence-corrected chi connectivity index (χ1v) is 9.42. The van der Waals surface area contributed by atoms with Crippen molar-refractivity contribution >= 4 is 15.9 Å². The van der Waals surface area contributed by atoms with E-state index in [9.17, 15) is 13.2 Å². The highest BCUT2D eigenvalue weighted by Crippen LogP contribution is 2.25. The number of hydrogen-bond donors (Lipinski definition) is 1. The Hall–Kier alpha value is -1.40. The zero-order chi connectivity index (χ0) is 17.3. The van der Waals surface area contributed by atoms with Crippen LogP contribution < -0.4 is 5.32 Å². The van der Waals surface area contributed by atoms with E-state index in [4.69, 9.17) is 0 Å². The van der Waals surface area contributed by atoms with Gasteiger partial charge in [0, 0.05) is 26.1 Å². The van der Waals surface area contributed by atoms with E-state index < -0.39 is 10.0 Å². The summed E-state index contributed by atoms with van der Waals surface area (Å²) in [5.41, 5.74) is 1.11. The summed E-state index contributed by atoms with van der Waals surface area (Å²) in [6.45, 7) is 8.67. The lowest BCUT2D eigenvalue weighted by Crippen LogP contribution is -2.46. The lowest BCUT2D eigenvalue weighted by Gasteiger charge is -2.31. The van der Waals surface area contributed by atoms with Crippen molar-refractivity contribution in [2.24, 2.45) is 0 Å². The number of carbonyl (C=O) groups is 1. The third kappa shape index (κ3) is 4.32. The van der Waals surface area contributed by atoms with E-state index in [-0.39, 0.29) is 17.4 Å². The molecule has 2 rings (SSSR count). The van der Waals surface area contributed by atoms with Gasteiger partial charge in [0.25, 0.3) is 0 Å². The molecule has 0 aliphatic carbocycles. The highest BCUT2D eigenvalue weighted by Gasteiger charge is 2.29. The van der Waals surface area contributed by atoms with E-state index in [2.05, 4.69) is 26.1 Å². The molecule has 5 nitrogen and oxygen atoms in total. The minimum Gasteiger partial charge on any atom is -0.354 e. The second kappa shape index (κ2) is 6.61. The molecule has 1 heterocycles. The topological polar surface area (TPSA) is 66.5 Å². The van der Waals surface area contributed by atoms with Crippen LogP contribution in [-0.2, 0) is 20.2 Å². The second-order valence-electron chi connectivity index (χ2n) is 7.15. The standard InChI is InChI=1S/C17H26N2O3S/c1-13(20)18-15-9-11-19(12-10-15)23(21,22)16-7-5-14(6-8-16)17(2,3)4/h5-8,15H,9-12H2,1-4H3,(H,18,20). The maximum absolute atomic E-state index is 12.7. The minimum atomic E-state index is -3.46. The van der Waals surface area contributed by atoms with Gasteiger partial charge in [-0.05, 0) is 36.0 Å². The number of nitrogens with zero attached hydrogens (tertiary/aromatic N) is 1. The first kappa shape index (κ1) is 17.9. The number of benzene rings is 1. The van der Waals surface area contributed by atoms with Crippen LogP contribution in [0.5, 0.6) is 0 Å². The molecule has 0 saturated carbocycles. The average molecular weight is 338 g/mol. The summed E-state index contributed by atoms with van der Waals surface area (Å²) in [5, 5.41) is 2.86. The third-order valence-electron chi connectivity index (χ3n) is 4.22. The molecule has 128 valence electrons. The Morgan fingerprint density at radius 2 is 1.65 bits per heavy atom. The van der Waals surface area contributed by atoms with Gasteiger partial charge < -0.3 is 5.32 Å². The van der Waals surface area contributed by atoms with Crippen molar-refractivity contribution in [3.63, 3.8) is 0 Å². The van der Waals surface area contributed by atoms with Gasteiger partial charge >= 0.3 is 0 Å². The van der Waals surface area contributed by atoms with E-state index >= 15 is 0 Å². The number of piperidine rings is 1. The van der Waals surface area contributed by atoms with E-state index in [0.29, 0.717) is 30.8 Å². The normalized spacial score (nSPS) is 17.9. The molecular weight excluding hydrogens is 312 g/mol. The van der Waals surface area contributed by atoms with Crippen molar-refractivity contribution in [2.45, 2.75) is 56.9 Å². The molecule has 1 aromatic carbocycles. The number of sulfonamides is 1. The van der Waals surface area contributed by atoms with Gasteiger partial charge in [0.15, 0.2) is 0 Å².